The van der Waals surface area contributed by atoms with E-state index in [9.17, 15) is 22.8 Å². The van der Waals surface area contributed by atoms with Crippen LogP contribution in [0, 0.1) is 0 Å². The number of carbonyl (C=O) groups excluding carboxylic acids is 3. The van der Waals surface area contributed by atoms with Gasteiger partial charge in [-0.05, 0) is 24.3 Å². The molecule has 1 aliphatic rings. The Morgan fingerprint density at radius 3 is 2.04 bits per heavy atom. The lowest BCUT2D eigenvalue weighted by atomic mass is 10.1. The molecule has 9 heteroatoms. The fourth-order valence-electron chi connectivity index (χ4n) is 2.31. The molecular formula is C16H10ClNO6S. The molecule has 0 spiro atoms. The summed E-state index contributed by atoms with van der Waals surface area (Å²) in [6, 6.07) is 11.5. The molecule has 0 unspecified atom stereocenters. The van der Waals surface area contributed by atoms with Gasteiger partial charge in [0.1, 0.15) is 0 Å². The van der Waals surface area contributed by atoms with E-state index in [-0.39, 0.29) is 26.1 Å². The summed E-state index contributed by atoms with van der Waals surface area (Å²) in [6.07, 6.45) is 0. The van der Waals surface area contributed by atoms with Gasteiger partial charge < -0.3 is 4.84 Å². The average Bonchev–Trinajstić information content (AvgIpc) is 2.80. The van der Waals surface area contributed by atoms with E-state index in [1.807, 2.05) is 0 Å². The molecular weight excluding hydrogens is 370 g/mol. The van der Waals surface area contributed by atoms with Crippen LogP contribution in [0.25, 0.3) is 0 Å². The molecule has 25 heavy (non-hydrogen) atoms. The Labute approximate surface area is 147 Å². The third-order valence-corrected chi connectivity index (χ3v) is 5.51. The number of hydrogen-bond acceptors (Lipinski definition) is 6. The average molecular weight is 380 g/mol. The van der Waals surface area contributed by atoms with Crippen molar-refractivity contribution in [1.29, 1.82) is 0 Å². The molecule has 0 saturated carbocycles. The highest BCUT2D eigenvalue weighted by Gasteiger charge is 2.39. The molecule has 0 saturated heterocycles. The van der Waals surface area contributed by atoms with Crippen molar-refractivity contribution < 1.29 is 27.6 Å². The lowest BCUT2D eigenvalue weighted by Gasteiger charge is -2.13. The van der Waals surface area contributed by atoms with E-state index in [4.69, 9.17) is 11.6 Å². The van der Waals surface area contributed by atoms with Crippen molar-refractivity contribution in [1.82, 2.24) is 5.06 Å². The summed E-state index contributed by atoms with van der Waals surface area (Å²) in [5.41, 5.74) is 0.156. The van der Waals surface area contributed by atoms with Gasteiger partial charge in [-0.25, -0.2) is 13.2 Å². The van der Waals surface area contributed by atoms with Gasteiger partial charge in [0.25, 0.3) is 11.8 Å². The molecule has 3 rings (SSSR count). The number of hydrogen-bond donors (Lipinski definition) is 0. The number of sulfone groups is 1. The minimum absolute atomic E-state index is 0.0453. The normalized spacial score (nSPS) is 13.7. The lowest BCUT2D eigenvalue weighted by Crippen LogP contribution is -2.35. The van der Waals surface area contributed by atoms with E-state index >= 15 is 0 Å². The summed E-state index contributed by atoms with van der Waals surface area (Å²) >= 11 is 5.82. The quantitative estimate of drug-likeness (QED) is 0.752. The first-order chi connectivity index (χ1) is 11.8. The summed E-state index contributed by atoms with van der Waals surface area (Å²) in [5.74, 6) is -3.99. The predicted octanol–water partition coefficient (Wildman–Crippen LogP) is 1.87. The summed E-state index contributed by atoms with van der Waals surface area (Å²) in [5, 5.41) is 0.214. The third kappa shape index (κ3) is 3.13. The first-order valence-corrected chi connectivity index (χ1v) is 9.00. The molecule has 0 atom stereocenters. The number of rotatable bonds is 4. The molecule has 0 radical (unpaired) electrons. The van der Waals surface area contributed by atoms with Crippen LogP contribution < -0.4 is 0 Å². The van der Waals surface area contributed by atoms with Gasteiger partial charge in [-0.3, -0.25) is 9.59 Å². The van der Waals surface area contributed by atoms with Crippen LogP contribution >= 0.6 is 11.6 Å². The zero-order chi connectivity index (χ0) is 18.2. The van der Waals surface area contributed by atoms with Gasteiger partial charge in [0, 0.05) is 0 Å². The molecule has 2 aromatic rings. The molecule has 0 N–H and O–H groups in total. The van der Waals surface area contributed by atoms with Crippen LogP contribution in [0.1, 0.15) is 20.7 Å². The molecule has 0 aliphatic carbocycles. The largest absolute Gasteiger partial charge is 0.348 e. The molecule has 0 bridgehead atoms. The van der Waals surface area contributed by atoms with Gasteiger partial charge >= 0.3 is 5.97 Å². The Morgan fingerprint density at radius 2 is 1.48 bits per heavy atom. The summed E-state index contributed by atoms with van der Waals surface area (Å²) < 4.78 is 24.5. The second-order valence-electron chi connectivity index (χ2n) is 5.10. The highest BCUT2D eigenvalue weighted by atomic mass is 35.5. The standard InChI is InChI=1S/C16H10ClNO6S/c17-12-7-3-4-8-13(12)25(22,23)9-14(19)24-18-15(20)10-5-1-2-6-11(10)16(18)21/h1-8H,9H2. The number of hydroxylamine groups is 2. The zero-order valence-electron chi connectivity index (χ0n) is 12.5. The number of carbonyl (C=O) groups is 3. The molecule has 7 nitrogen and oxygen atoms in total. The zero-order valence-corrected chi connectivity index (χ0v) is 14.1. The van der Waals surface area contributed by atoms with Crippen LogP contribution in [-0.4, -0.2) is 37.0 Å². The highest BCUT2D eigenvalue weighted by Crippen LogP contribution is 2.24. The van der Waals surface area contributed by atoms with E-state index in [1.165, 1.54) is 30.3 Å². The van der Waals surface area contributed by atoms with E-state index in [2.05, 4.69) is 4.84 Å². The van der Waals surface area contributed by atoms with Crippen molar-refractivity contribution in [3.8, 4) is 0 Å². The predicted molar refractivity (Wildman–Crippen MR) is 86.5 cm³/mol. The Hall–Kier alpha value is -2.71. The summed E-state index contributed by atoms with van der Waals surface area (Å²) in [7, 11) is -4.09. The van der Waals surface area contributed by atoms with Crippen molar-refractivity contribution in [2.75, 3.05) is 5.75 Å². The monoisotopic (exact) mass is 379 g/mol. The maximum absolute atomic E-state index is 12.2. The van der Waals surface area contributed by atoms with Gasteiger partial charge in [-0.2, -0.15) is 0 Å². The van der Waals surface area contributed by atoms with Crippen molar-refractivity contribution in [3.05, 3.63) is 64.7 Å². The van der Waals surface area contributed by atoms with Gasteiger partial charge in [-0.1, -0.05) is 40.9 Å². The van der Waals surface area contributed by atoms with E-state index < -0.39 is 33.4 Å². The van der Waals surface area contributed by atoms with Crippen molar-refractivity contribution >= 4 is 39.2 Å². The van der Waals surface area contributed by atoms with Crippen molar-refractivity contribution in [3.63, 3.8) is 0 Å². The summed E-state index contributed by atoms with van der Waals surface area (Å²) in [4.78, 5) is 40.6. The maximum Gasteiger partial charge on any atom is 0.348 e. The molecule has 0 fully saturated rings. The lowest BCUT2D eigenvalue weighted by molar-refractivity contribution is -0.165. The maximum atomic E-state index is 12.2. The van der Waals surface area contributed by atoms with E-state index in [1.54, 1.807) is 18.2 Å². The van der Waals surface area contributed by atoms with Crippen LogP contribution in [0.5, 0.6) is 0 Å². The number of halogens is 1. The third-order valence-electron chi connectivity index (χ3n) is 3.43. The highest BCUT2D eigenvalue weighted by molar-refractivity contribution is 7.92. The number of imide groups is 1. The molecule has 0 aromatic heterocycles. The van der Waals surface area contributed by atoms with Crippen LogP contribution in [0.3, 0.4) is 0 Å². The molecule has 2 amide bonds. The number of fused-ring (bicyclic) bond motifs is 1. The Balaban J connectivity index is 1.77. The Bertz CT molecular complexity index is 966. The Morgan fingerprint density at radius 1 is 0.960 bits per heavy atom. The van der Waals surface area contributed by atoms with Gasteiger partial charge in [0.15, 0.2) is 15.6 Å². The fraction of sp³-hybridized carbons (Fsp3) is 0.0625. The fourth-order valence-corrected chi connectivity index (χ4v) is 3.97. The van der Waals surface area contributed by atoms with E-state index in [0.717, 1.165) is 0 Å². The first-order valence-electron chi connectivity index (χ1n) is 6.97. The molecule has 1 aliphatic heterocycles. The SMILES string of the molecule is O=C(CS(=O)(=O)c1ccccc1Cl)ON1C(=O)c2ccccc2C1=O. The number of nitrogens with zero attached hydrogens (tertiary/aromatic N) is 1. The minimum atomic E-state index is -4.09. The number of amides is 2. The minimum Gasteiger partial charge on any atom is -0.329 e. The van der Waals surface area contributed by atoms with Crippen LogP contribution in [-0.2, 0) is 19.5 Å². The first kappa shape index (κ1) is 17.1. The summed E-state index contributed by atoms with van der Waals surface area (Å²) in [6.45, 7) is 0. The second kappa shape index (κ2) is 6.30. The van der Waals surface area contributed by atoms with Gasteiger partial charge in [0.05, 0.1) is 21.0 Å². The van der Waals surface area contributed by atoms with Crippen LogP contribution in [0.4, 0.5) is 0 Å². The topological polar surface area (TPSA) is 97.8 Å². The molecule has 2 aromatic carbocycles. The van der Waals surface area contributed by atoms with E-state index in [0.29, 0.717) is 0 Å². The van der Waals surface area contributed by atoms with Crippen LogP contribution in [0.2, 0.25) is 5.02 Å². The Kier molecular flexibility index (Phi) is 4.32. The van der Waals surface area contributed by atoms with Crippen molar-refractivity contribution in [2.24, 2.45) is 0 Å². The second-order valence-corrected chi connectivity index (χ2v) is 7.47. The van der Waals surface area contributed by atoms with Gasteiger partial charge in [0.2, 0.25) is 0 Å². The number of benzene rings is 2. The smallest absolute Gasteiger partial charge is 0.329 e. The molecule has 1 heterocycles. The van der Waals surface area contributed by atoms with Crippen LogP contribution in [0.15, 0.2) is 53.4 Å². The van der Waals surface area contributed by atoms with Crippen molar-refractivity contribution in [2.45, 2.75) is 4.90 Å². The molecule has 128 valence electrons. The van der Waals surface area contributed by atoms with Gasteiger partial charge in [-0.15, -0.1) is 0 Å².